The third kappa shape index (κ3) is 3.56. The Morgan fingerprint density at radius 2 is 2.00 bits per heavy atom. The largest absolute Gasteiger partial charge is 0.464 e. The van der Waals surface area contributed by atoms with E-state index < -0.39 is 4.92 Å². The van der Waals surface area contributed by atoms with Crippen LogP contribution in [0.4, 0.5) is 5.69 Å². The molecule has 0 unspecified atom stereocenters. The predicted molar refractivity (Wildman–Crippen MR) is 104 cm³/mol. The number of amides is 1. The van der Waals surface area contributed by atoms with Crippen molar-refractivity contribution >= 4 is 22.6 Å². The monoisotopic (exact) mass is 366 g/mol. The smallest absolute Gasteiger partial charge is 0.269 e. The molecule has 1 amide bonds. The van der Waals surface area contributed by atoms with Crippen LogP contribution in [0.15, 0.2) is 47.1 Å². The highest BCUT2D eigenvalue weighted by Gasteiger charge is 2.21. The first kappa shape index (κ1) is 18.6. The second-order valence-electron chi connectivity index (χ2n) is 6.85. The molecule has 140 valence electrons. The Morgan fingerprint density at radius 1 is 1.26 bits per heavy atom. The van der Waals surface area contributed by atoms with Crippen LogP contribution in [-0.2, 0) is 11.2 Å². The van der Waals surface area contributed by atoms with Gasteiger partial charge in [0.15, 0.2) is 0 Å². The number of non-ortho nitro benzene ring substituents is 1. The number of carbonyl (C=O) groups is 1. The van der Waals surface area contributed by atoms with Crippen molar-refractivity contribution in [1.29, 1.82) is 0 Å². The Hall–Kier alpha value is -3.15. The zero-order chi connectivity index (χ0) is 19.7. The second-order valence-corrected chi connectivity index (χ2v) is 6.85. The zero-order valence-electron chi connectivity index (χ0n) is 15.9. The molecule has 0 radical (unpaired) electrons. The first-order chi connectivity index (χ1) is 12.8. The molecule has 1 heterocycles. The summed E-state index contributed by atoms with van der Waals surface area (Å²) in [7, 11) is 1.71. The molecule has 0 aliphatic heterocycles. The highest BCUT2D eigenvalue weighted by molar-refractivity contribution is 5.89. The number of hydrogen-bond acceptors (Lipinski definition) is 4. The van der Waals surface area contributed by atoms with Crippen LogP contribution >= 0.6 is 0 Å². The molecule has 0 spiro atoms. The zero-order valence-corrected chi connectivity index (χ0v) is 15.9. The van der Waals surface area contributed by atoms with Crippen molar-refractivity contribution in [3.63, 3.8) is 0 Å². The molecule has 0 saturated carbocycles. The number of fused-ring (bicyclic) bond motifs is 1. The summed E-state index contributed by atoms with van der Waals surface area (Å²) in [6.07, 6.45) is 1.85. The first-order valence-electron chi connectivity index (χ1n) is 8.76. The predicted octanol–water partition coefficient (Wildman–Crippen LogP) is 4.72. The number of likely N-dealkylation sites (N-methyl/N-ethyl adjacent to an activating group) is 1. The number of nitro groups is 1. The van der Waals surface area contributed by atoms with Crippen LogP contribution in [-0.4, -0.2) is 22.8 Å². The van der Waals surface area contributed by atoms with Crippen molar-refractivity contribution < 1.29 is 14.1 Å². The minimum Gasteiger partial charge on any atom is -0.464 e. The van der Waals surface area contributed by atoms with Crippen LogP contribution in [0, 0.1) is 24.0 Å². The average molecular weight is 366 g/mol. The summed E-state index contributed by atoms with van der Waals surface area (Å²) >= 11 is 0. The fourth-order valence-electron chi connectivity index (χ4n) is 3.15. The SMILES string of the molecule is Cc1ccc2c(CC(=O)N(C)[C@@H](C)c3cccc([N+](=O)[O-])c3)coc2c1C. The molecule has 0 N–H and O–H groups in total. The molecule has 0 saturated heterocycles. The Labute approximate surface area is 157 Å². The quantitative estimate of drug-likeness (QED) is 0.483. The van der Waals surface area contributed by atoms with Gasteiger partial charge in [-0.3, -0.25) is 14.9 Å². The molecule has 0 bridgehead atoms. The van der Waals surface area contributed by atoms with E-state index in [9.17, 15) is 14.9 Å². The van der Waals surface area contributed by atoms with E-state index in [4.69, 9.17) is 4.42 Å². The van der Waals surface area contributed by atoms with Gasteiger partial charge in [0.25, 0.3) is 5.69 Å². The van der Waals surface area contributed by atoms with E-state index in [0.29, 0.717) is 0 Å². The van der Waals surface area contributed by atoms with Crippen molar-refractivity contribution in [2.45, 2.75) is 33.2 Å². The number of hydrogen-bond donors (Lipinski definition) is 0. The molecule has 1 atom stereocenters. The third-order valence-corrected chi connectivity index (χ3v) is 5.22. The van der Waals surface area contributed by atoms with E-state index in [2.05, 4.69) is 0 Å². The molecule has 6 nitrogen and oxygen atoms in total. The van der Waals surface area contributed by atoms with Gasteiger partial charge in [0.1, 0.15) is 5.58 Å². The van der Waals surface area contributed by atoms with Gasteiger partial charge in [-0.05, 0) is 37.5 Å². The highest BCUT2D eigenvalue weighted by atomic mass is 16.6. The fourth-order valence-corrected chi connectivity index (χ4v) is 3.15. The summed E-state index contributed by atoms with van der Waals surface area (Å²) in [5, 5.41) is 11.9. The lowest BCUT2D eigenvalue weighted by Crippen LogP contribution is -2.30. The van der Waals surface area contributed by atoms with Crippen molar-refractivity contribution in [2.75, 3.05) is 7.05 Å². The second kappa shape index (κ2) is 7.23. The van der Waals surface area contributed by atoms with Gasteiger partial charge >= 0.3 is 0 Å². The Balaban J connectivity index is 1.81. The van der Waals surface area contributed by atoms with Gasteiger partial charge in [-0.1, -0.05) is 24.3 Å². The van der Waals surface area contributed by atoms with E-state index in [-0.39, 0.29) is 24.1 Å². The van der Waals surface area contributed by atoms with Gasteiger partial charge < -0.3 is 9.32 Å². The molecule has 0 fully saturated rings. The lowest BCUT2D eigenvalue weighted by Gasteiger charge is -2.25. The number of benzene rings is 2. The minimum atomic E-state index is -0.431. The number of nitro benzene ring substituents is 1. The molecule has 1 aromatic heterocycles. The van der Waals surface area contributed by atoms with E-state index in [0.717, 1.165) is 33.2 Å². The van der Waals surface area contributed by atoms with Gasteiger partial charge in [-0.25, -0.2) is 0 Å². The lowest BCUT2D eigenvalue weighted by molar-refractivity contribution is -0.384. The fraction of sp³-hybridized carbons (Fsp3) is 0.286. The van der Waals surface area contributed by atoms with E-state index in [1.807, 2.05) is 32.9 Å². The van der Waals surface area contributed by atoms with Gasteiger partial charge in [-0.2, -0.15) is 0 Å². The van der Waals surface area contributed by atoms with Gasteiger partial charge in [0.05, 0.1) is 23.6 Å². The molecule has 0 aliphatic carbocycles. The van der Waals surface area contributed by atoms with Crippen LogP contribution in [0.3, 0.4) is 0 Å². The first-order valence-corrected chi connectivity index (χ1v) is 8.76. The molecule has 3 rings (SSSR count). The Bertz CT molecular complexity index is 1020. The van der Waals surface area contributed by atoms with Gasteiger partial charge in [0.2, 0.25) is 5.91 Å². The van der Waals surface area contributed by atoms with Gasteiger partial charge in [-0.15, -0.1) is 0 Å². The standard InChI is InChI=1S/C21H22N2O4/c1-13-8-9-19-17(12-27-21(19)14(13)2)11-20(24)22(4)15(3)16-6-5-7-18(10-16)23(25)26/h5-10,12,15H,11H2,1-4H3/t15-/m0/s1. The number of rotatable bonds is 5. The van der Waals surface area contributed by atoms with Crippen LogP contribution in [0.1, 0.15) is 35.2 Å². The van der Waals surface area contributed by atoms with Crippen molar-refractivity contribution in [1.82, 2.24) is 4.90 Å². The van der Waals surface area contributed by atoms with Crippen molar-refractivity contribution in [3.8, 4) is 0 Å². The molecular formula is C21H22N2O4. The molecule has 0 aliphatic rings. The highest BCUT2D eigenvalue weighted by Crippen LogP contribution is 2.28. The molecule has 6 heteroatoms. The topological polar surface area (TPSA) is 76.6 Å². The van der Waals surface area contributed by atoms with Crippen LogP contribution < -0.4 is 0 Å². The Morgan fingerprint density at radius 3 is 2.70 bits per heavy atom. The maximum atomic E-state index is 12.8. The normalized spacial score (nSPS) is 12.1. The minimum absolute atomic E-state index is 0.0203. The average Bonchev–Trinajstić information content (AvgIpc) is 3.06. The summed E-state index contributed by atoms with van der Waals surface area (Å²) in [6.45, 7) is 5.89. The molecule has 2 aromatic carbocycles. The maximum absolute atomic E-state index is 12.8. The van der Waals surface area contributed by atoms with Gasteiger partial charge in [0, 0.05) is 30.1 Å². The molecule has 27 heavy (non-hydrogen) atoms. The summed E-state index contributed by atoms with van der Waals surface area (Å²) in [4.78, 5) is 25.0. The van der Waals surface area contributed by atoms with Crippen LogP contribution in [0.2, 0.25) is 0 Å². The third-order valence-electron chi connectivity index (χ3n) is 5.22. The summed E-state index contributed by atoms with van der Waals surface area (Å²) in [6, 6.07) is 10.1. The maximum Gasteiger partial charge on any atom is 0.269 e. The number of nitrogens with zero attached hydrogens (tertiary/aromatic N) is 2. The van der Waals surface area contributed by atoms with Crippen molar-refractivity contribution in [3.05, 3.63) is 75.0 Å². The van der Waals surface area contributed by atoms with E-state index >= 15 is 0 Å². The molecular weight excluding hydrogens is 344 g/mol. The van der Waals surface area contributed by atoms with E-state index in [1.165, 1.54) is 12.1 Å². The number of furan rings is 1. The van der Waals surface area contributed by atoms with E-state index in [1.54, 1.807) is 30.3 Å². The van der Waals surface area contributed by atoms with Crippen LogP contribution in [0.5, 0.6) is 0 Å². The summed E-state index contributed by atoms with van der Waals surface area (Å²) in [5.41, 5.74) is 4.62. The van der Waals surface area contributed by atoms with Crippen LogP contribution in [0.25, 0.3) is 11.0 Å². The number of carbonyl (C=O) groups excluding carboxylic acids is 1. The number of aryl methyl sites for hydroxylation is 2. The summed E-state index contributed by atoms with van der Waals surface area (Å²) in [5.74, 6) is -0.0741. The lowest BCUT2D eigenvalue weighted by atomic mass is 10.0. The Kier molecular flexibility index (Phi) is 4.99. The molecule has 3 aromatic rings. The van der Waals surface area contributed by atoms with Crippen molar-refractivity contribution in [2.24, 2.45) is 0 Å². The summed E-state index contributed by atoms with van der Waals surface area (Å²) < 4.78 is 5.68.